The molecule has 0 bridgehead atoms. The van der Waals surface area contributed by atoms with Crippen LogP contribution in [0.25, 0.3) is 22.5 Å². The van der Waals surface area contributed by atoms with Gasteiger partial charge in [0.15, 0.2) is 18.0 Å². The van der Waals surface area contributed by atoms with E-state index in [1.807, 2.05) is 97.1 Å². The molecule has 0 saturated heterocycles. The van der Waals surface area contributed by atoms with Gasteiger partial charge in [-0.05, 0) is 80.1 Å². The molecule has 0 saturated carbocycles. The maximum atomic E-state index is 12.5. The largest absolute Gasteiger partial charge is 0.481 e. The minimum Gasteiger partial charge on any atom is -0.481 e. The van der Waals surface area contributed by atoms with Crippen molar-refractivity contribution in [3.05, 3.63) is 122 Å². The Morgan fingerprint density at radius 1 is 0.548 bits per heavy atom. The number of nitrogens with one attached hydrogen (secondary N) is 2. The molecule has 2 amide bonds. The van der Waals surface area contributed by atoms with Crippen molar-refractivity contribution in [2.75, 3.05) is 10.6 Å². The first-order valence-corrected chi connectivity index (χ1v) is 13.5. The third-order valence-corrected chi connectivity index (χ3v) is 6.40. The second-order valence-corrected chi connectivity index (χ2v) is 9.57. The van der Waals surface area contributed by atoms with Gasteiger partial charge < -0.3 is 20.1 Å². The number of hydrogen-bond acceptors (Lipinski definition) is 6. The standard InChI is InChI=1S/C34H30N4O4/c1-23(41-30-9-5-3-6-10-30)33(39)37-28-17-13-25(14-18-28)27-21-35-32(36-22-27)26-15-19-29(20-16-26)38-34(40)24(2)42-31-11-7-4-8-12-31/h3-24H,1-2H3,(H,37,39)(H,38,40). The van der Waals surface area contributed by atoms with Gasteiger partial charge in [-0.2, -0.15) is 0 Å². The van der Waals surface area contributed by atoms with Crippen LogP contribution in [0.15, 0.2) is 122 Å². The zero-order valence-corrected chi connectivity index (χ0v) is 23.2. The van der Waals surface area contributed by atoms with E-state index in [2.05, 4.69) is 20.6 Å². The zero-order chi connectivity index (χ0) is 29.3. The molecule has 8 nitrogen and oxygen atoms in total. The fourth-order valence-electron chi connectivity index (χ4n) is 4.08. The van der Waals surface area contributed by atoms with Gasteiger partial charge in [-0.15, -0.1) is 0 Å². The van der Waals surface area contributed by atoms with Gasteiger partial charge in [0.25, 0.3) is 11.8 Å². The van der Waals surface area contributed by atoms with Crippen molar-refractivity contribution in [1.82, 2.24) is 9.97 Å². The number of benzene rings is 4. The van der Waals surface area contributed by atoms with Crippen LogP contribution in [-0.2, 0) is 9.59 Å². The van der Waals surface area contributed by atoms with E-state index >= 15 is 0 Å². The molecule has 0 radical (unpaired) electrons. The van der Waals surface area contributed by atoms with Gasteiger partial charge in [0.05, 0.1) is 0 Å². The van der Waals surface area contributed by atoms with Crippen molar-refractivity contribution in [3.63, 3.8) is 0 Å². The van der Waals surface area contributed by atoms with Gasteiger partial charge in [0.1, 0.15) is 11.5 Å². The molecule has 1 heterocycles. The van der Waals surface area contributed by atoms with Crippen LogP contribution in [-0.4, -0.2) is 34.0 Å². The minimum absolute atomic E-state index is 0.236. The predicted octanol–water partition coefficient (Wildman–Crippen LogP) is 6.62. The van der Waals surface area contributed by atoms with Crippen LogP contribution in [0.4, 0.5) is 11.4 Å². The number of nitrogens with zero attached hydrogens (tertiary/aromatic N) is 2. The van der Waals surface area contributed by atoms with E-state index in [9.17, 15) is 9.59 Å². The normalized spacial score (nSPS) is 12.0. The molecule has 5 aromatic rings. The Balaban J connectivity index is 1.15. The Morgan fingerprint density at radius 3 is 1.38 bits per heavy atom. The molecule has 0 aliphatic carbocycles. The number of rotatable bonds is 10. The number of para-hydroxylation sites is 2. The van der Waals surface area contributed by atoms with Crippen molar-refractivity contribution < 1.29 is 19.1 Å². The summed E-state index contributed by atoms with van der Waals surface area (Å²) in [7, 11) is 0. The number of anilines is 2. The summed E-state index contributed by atoms with van der Waals surface area (Å²) in [5.74, 6) is 1.36. The first-order chi connectivity index (χ1) is 20.4. The lowest BCUT2D eigenvalue weighted by atomic mass is 10.1. The van der Waals surface area contributed by atoms with Crippen LogP contribution in [0.2, 0.25) is 0 Å². The quantitative estimate of drug-likeness (QED) is 0.200. The molecular formula is C34H30N4O4. The minimum atomic E-state index is -0.648. The molecule has 4 aromatic carbocycles. The molecule has 2 unspecified atom stereocenters. The predicted molar refractivity (Wildman–Crippen MR) is 163 cm³/mol. The lowest BCUT2D eigenvalue weighted by molar-refractivity contribution is -0.122. The number of amides is 2. The molecule has 0 fully saturated rings. The molecule has 0 aliphatic heterocycles. The monoisotopic (exact) mass is 558 g/mol. The van der Waals surface area contributed by atoms with Crippen LogP contribution < -0.4 is 20.1 Å². The van der Waals surface area contributed by atoms with Crippen molar-refractivity contribution in [1.29, 1.82) is 0 Å². The van der Waals surface area contributed by atoms with Gasteiger partial charge in [-0.25, -0.2) is 9.97 Å². The second-order valence-electron chi connectivity index (χ2n) is 9.57. The van der Waals surface area contributed by atoms with E-state index in [0.29, 0.717) is 28.7 Å². The third kappa shape index (κ3) is 7.37. The van der Waals surface area contributed by atoms with E-state index in [4.69, 9.17) is 9.47 Å². The molecule has 0 aliphatic rings. The summed E-state index contributed by atoms with van der Waals surface area (Å²) in [4.78, 5) is 34.1. The van der Waals surface area contributed by atoms with Gasteiger partial charge in [-0.3, -0.25) is 9.59 Å². The zero-order valence-electron chi connectivity index (χ0n) is 23.2. The first kappa shape index (κ1) is 28.0. The third-order valence-electron chi connectivity index (χ3n) is 6.40. The van der Waals surface area contributed by atoms with Gasteiger partial charge in [0.2, 0.25) is 0 Å². The van der Waals surface area contributed by atoms with Gasteiger partial charge in [-0.1, -0.05) is 48.5 Å². The fourth-order valence-corrected chi connectivity index (χ4v) is 4.08. The summed E-state index contributed by atoms with van der Waals surface area (Å²) >= 11 is 0. The number of carbonyl (C=O) groups is 2. The number of hydrogen-bond donors (Lipinski definition) is 2. The van der Waals surface area contributed by atoms with Gasteiger partial charge >= 0.3 is 0 Å². The highest BCUT2D eigenvalue weighted by Crippen LogP contribution is 2.24. The Bertz CT molecular complexity index is 1490. The molecule has 0 spiro atoms. The number of carbonyl (C=O) groups excluding carboxylic acids is 2. The van der Waals surface area contributed by atoms with E-state index in [-0.39, 0.29) is 11.8 Å². The number of aromatic nitrogens is 2. The molecule has 8 heteroatoms. The average Bonchev–Trinajstić information content (AvgIpc) is 3.03. The summed E-state index contributed by atoms with van der Waals surface area (Å²) < 4.78 is 11.4. The maximum absolute atomic E-state index is 12.5. The van der Waals surface area contributed by atoms with Gasteiger partial charge in [0, 0.05) is 34.9 Å². The average molecular weight is 559 g/mol. The molecule has 2 atom stereocenters. The Kier molecular flexibility index (Phi) is 8.84. The first-order valence-electron chi connectivity index (χ1n) is 13.5. The van der Waals surface area contributed by atoms with Crippen molar-refractivity contribution in [3.8, 4) is 34.0 Å². The van der Waals surface area contributed by atoms with Crippen LogP contribution in [0, 0.1) is 0 Å². The smallest absolute Gasteiger partial charge is 0.265 e. The highest BCUT2D eigenvalue weighted by Gasteiger charge is 2.16. The highest BCUT2D eigenvalue weighted by atomic mass is 16.5. The molecule has 5 rings (SSSR count). The van der Waals surface area contributed by atoms with Crippen LogP contribution >= 0.6 is 0 Å². The fraction of sp³-hybridized carbons (Fsp3) is 0.118. The molecule has 42 heavy (non-hydrogen) atoms. The molecule has 2 N–H and O–H groups in total. The van der Waals surface area contributed by atoms with E-state index in [1.54, 1.807) is 38.4 Å². The second kappa shape index (κ2) is 13.2. The summed E-state index contributed by atoms with van der Waals surface area (Å²) in [6.45, 7) is 3.42. The molecule has 1 aromatic heterocycles. The lowest BCUT2D eigenvalue weighted by Gasteiger charge is -2.15. The molecular weight excluding hydrogens is 528 g/mol. The van der Waals surface area contributed by atoms with E-state index in [0.717, 1.165) is 16.7 Å². The summed E-state index contributed by atoms with van der Waals surface area (Å²) in [5.41, 5.74) is 3.89. The molecule has 210 valence electrons. The van der Waals surface area contributed by atoms with E-state index in [1.165, 1.54) is 0 Å². The topological polar surface area (TPSA) is 102 Å². The van der Waals surface area contributed by atoms with Crippen LogP contribution in [0.1, 0.15) is 13.8 Å². The summed E-state index contributed by atoms with van der Waals surface area (Å²) in [6.07, 6.45) is 2.22. The van der Waals surface area contributed by atoms with Crippen molar-refractivity contribution >= 4 is 23.2 Å². The SMILES string of the molecule is CC(Oc1ccccc1)C(=O)Nc1ccc(-c2cnc(-c3ccc(NC(=O)C(C)Oc4ccccc4)cc3)nc2)cc1. The summed E-state index contributed by atoms with van der Waals surface area (Å²) in [5, 5.41) is 5.74. The van der Waals surface area contributed by atoms with E-state index < -0.39 is 12.2 Å². The van der Waals surface area contributed by atoms with Crippen molar-refractivity contribution in [2.24, 2.45) is 0 Å². The highest BCUT2D eigenvalue weighted by molar-refractivity contribution is 5.95. The van der Waals surface area contributed by atoms with Crippen LogP contribution in [0.5, 0.6) is 11.5 Å². The van der Waals surface area contributed by atoms with Crippen LogP contribution in [0.3, 0.4) is 0 Å². The number of ether oxygens (including phenoxy) is 2. The van der Waals surface area contributed by atoms with Crippen molar-refractivity contribution in [2.45, 2.75) is 26.1 Å². The summed E-state index contributed by atoms with van der Waals surface area (Å²) in [6, 6.07) is 33.2. The Labute approximate surface area is 244 Å². The maximum Gasteiger partial charge on any atom is 0.265 e. The Morgan fingerprint density at radius 2 is 0.952 bits per heavy atom. The lowest BCUT2D eigenvalue weighted by Crippen LogP contribution is -2.30. The Hall–Kier alpha value is -5.50.